The maximum atomic E-state index is 13.2. The van der Waals surface area contributed by atoms with Crippen molar-refractivity contribution in [3.05, 3.63) is 47.5 Å². The average molecular weight is 366 g/mol. The molecule has 6 rings (SSSR count). The molecule has 1 saturated carbocycles. The van der Waals surface area contributed by atoms with Crippen LogP contribution in [0, 0.1) is 29.1 Å². The maximum absolute atomic E-state index is 13.2. The second kappa shape index (κ2) is 5.68. The molecule has 3 fully saturated rings. The summed E-state index contributed by atoms with van der Waals surface area (Å²) < 4.78 is 18.2. The van der Waals surface area contributed by atoms with Gasteiger partial charge in [-0.05, 0) is 54.6 Å². The molecule has 2 heterocycles. The summed E-state index contributed by atoms with van der Waals surface area (Å²) >= 11 is 0. The first-order valence-electron chi connectivity index (χ1n) is 10.4. The van der Waals surface area contributed by atoms with Gasteiger partial charge in [-0.1, -0.05) is 43.3 Å². The molecule has 1 aromatic rings. The number of rotatable bonds is 2. The van der Waals surface area contributed by atoms with E-state index in [9.17, 15) is 4.79 Å². The van der Waals surface area contributed by atoms with Crippen molar-refractivity contribution in [2.75, 3.05) is 6.61 Å². The van der Waals surface area contributed by atoms with Crippen LogP contribution >= 0.6 is 0 Å². The number of hydrogen-bond donors (Lipinski definition) is 0. The van der Waals surface area contributed by atoms with Gasteiger partial charge in [0.1, 0.15) is 0 Å². The molecule has 4 nitrogen and oxygen atoms in total. The van der Waals surface area contributed by atoms with E-state index in [0.717, 1.165) is 25.7 Å². The fourth-order valence-electron chi connectivity index (χ4n) is 6.51. The summed E-state index contributed by atoms with van der Waals surface area (Å²) in [5.74, 6) is 1.19. The van der Waals surface area contributed by atoms with Crippen LogP contribution < -0.4 is 0 Å². The Morgan fingerprint density at radius 1 is 1.15 bits per heavy atom. The zero-order valence-electron chi connectivity index (χ0n) is 15.7. The Morgan fingerprint density at radius 3 is 2.59 bits per heavy atom. The molecule has 4 bridgehead atoms. The van der Waals surface area contributed by atoms with E-state index in [4.69, 9.17) is 14.2 Å². The van der Waals surface area contributed by atoms with Crippen molar-refractivity contribution >= 4 is 5.97 Å². The zero-order chi connectivity index (χ0) is 18.2. The average Bonchev–Trinajstić information content (AvgIpc) is 3.40. The van der Waals surface area contributed by atoms with E-state index >= 15 is 0 Å². The lowest BCUT2D eigenvalue weighted by Gasteiger charge is -2.43. The van der Waals surface area contributed by atoms with E-state index in [1.54, 1.807) is 0 Å². The second-order valence-electron chi connectivity index (χ2n) is 9.34. The number of hydrogen-bond acceptors (Lipinski definition) is 4. The number of carbonyl (C=O) groups is 1. The predicted molar refractivity (Wildman–Crippen MR) is 98.8 cm³/mol. The third-order valence-corrected chi connectivity index (χ3v) is 7.83. The van der Waals surface area contributed by atoms with Crippen LogP contribution in [0.25, 0.3) is 0 Å². The number of fused-ring (bicyclic) bond motifs is 5. The van der Waals surface area contributed by atoms with Crippen molar-refractivity contribution in [3.63, 3.8) is 0 Å². The van der Waals surface area contributed by atoms with Crippen molar-refractivity contribution in [3.8, 4) is 0 Å². The Kier molecular flexibility index (Phi) is 3.43. The molecule has 4 heteroatoms. The van der Waals surface area contributed by atoms with E-state index < -0.39 is 6.29 Å². The topological polar surface area (TPSA) is 44.8 Å². The Morgan fingerprint density at radius 2 is 1.89 bits per heavy atom. The summed E-state index contributed by atoms with van der Waals surface area (Å²) in [6.07, 6.45) is 7.81. The molecule has 4 unspecified atom stereocenters. The van der Waals surface area contributed by atoms with Crippen molar-refractivity contribution in [2.24, 2.45) is 29.1 Å². The van der Waals surface area contributed by atoms with Crippen LogP contribution in [-0.4, -0.2) is 31.1 Å². The first kappa shape index (κ1) is 16.3. The van der Waals surface area contributed by atoms with Crippen LogP contribution in [0.15, 0.2) is 36.4 Å². The van der Waals surface area contributed by atoms with E-state index in [1.165, 1.54) is 11.1 Å². The Hall–Kier alpha value is -1.65. The smallest absolute Gasteiger partial charge is 0.310 e. The molecular formula is C23H26O4. The van der Waals surface area contributed by atoms with Gasteiger partial charge in [0.15, 0.2) is 12.4 Å². The second-order valence-corrected chi connectivity index (χ2v) is 9.34. The van der Waals surface area contributed by atoms with Gasteiger partial charge in [-0.2, -0.15) is 0 Å². The minimum absolute atomic E-state index is 0.0139. The van der Waals surface area contributed by atoms with Crippen LogP contribution in [0.4, 0.5) is 0 Å². The summed E-state index contributed by atoms with van der Waals surface area (Å²) in [5.41, 5.74) is 2.69. The highest BCUT2D eigenvalue weighted by atomic mass is 16.7. The highest BCUT2D eigenvalue weighted by Gasteiger charge is 2.58. The zero-order valence-corrected chi connectivity index (χ0v) is 15.7. The molecule has 3 aliphatic carbocycles. The molecule has 1 spiro atoms. The van der Waals surface area contributed by atoms with Crippen molar-refractivity contribution in [1.82, 2.24) is 0 Å². The van der Waals surface area contributed by atoms with E-state index in [2.05, 4.69) is 43.3 Å². The Labute approximate surface area is 159 Å². The molecule has 0 radical (unpaired) electrons. The van der Waals surface area contributed by atoms with Crippen LogP contribution in [0.3, 0.4) is 0 Å². The van der Waals surface area contributed by atoms with Crippen molar-refractivity contribution < 1.29 is 19.0 Å². The molecule has 0 aromatic heterocycles. The van der Waals surface area contributed by atoms with Gasteiger partial charge < -0.3 is 14.2 Å². The van der Waals surface area contributed by atoms with Gasteiger partial charge in [-0.15, -0.1) is 0 Å². The van der Waals surface area contributed by atoms with Crippen molar-refractivity contribution in [1.29, 1.82) is 0 Å². The minimum Gasteiger partial charge on any atom is -0.456 e. The third kappa shape index (κ3) is 2.32. The molecule has 1 aromatic carbocycles. The first-order chi connectivity index (χ1) is 13.1. The molecular weight excluding hydrogens is 340 g/mol. The fourth-order valence-corrected chi connectivity index (χ4v) is 6.51. The molecule has 27 heavy (non-hydrogen) atoms. The number of allylic oxidation sites excluding steroid dienone is 2. The maximum Gasteiger partial charge on any atom is 0.310 e. The van der Waals surface area contributed by atoms with Crippen LogP contribution in [-0.2, 0) is 31.8 Å². The summed E-state index contributed by atoms with van der Waals surface area (Å²) in [5, 5.41) is 0. The van der Waals surface area contributed by atoms with Gasteiger partial charge >= 0.3 is 5.97 Å². The standard InChI is InChI=1S/C23H26O4/c1-13-14-6-7-15(8-14)19(13)21(24)27-20-22-25-12-18(26-22)11-23(20)9-16-4-2-3-5-17(16)10-23/h2-7,13-15,18-20,22H,8-12H2,1H3/t13?,14?,15?,18-,19?,20+,22+/m0/s1. The molecule has 5 aliphatic rings. The number of benzene rings is 1. The number of carbonyl (C=O) groups excluding carboxylic acids is 1. The summed E-state index contributed by atoms with van der Waals surface area (Å²) in [7, 11) is 0. The highest BCUT2D eigenvalue weighted by molar-refractivity contribution is 5.75. The monoisotopic (exact) mass is 366 g/mol. The Bertz CT molecular complexity index is 789. The van der Waals surface area contributed by atoms with E-state index in [-0.39, 0.29) is 29.5 Å². The van der Waals surface area contributed by atoms with Gasteiger partial charge in [0.05, 0.1) is 18.6 Å². The highest BCUT2D eigenvalue weighted by Crippen LogP contribution is 2.53. The third-order valence-electron chi connectivity index (χ3n) is 7.83. The van der Waals surface area contributed by atoms with E-state index in [0.29, 0.717) is 24.4 Å². The quantitative estimate of drug-likeness (QED) is 0.595. The lowest BCUT2D eigenvalue weighted by atomic mass is 9.73. The van der Waals surface area contributed by atoms with Crippen LogP contribution in [0.1, 0.15) is 30.9 Å². The predicted octanol–water partition coefficient (Wildman–Crippen LogP) is 3.29. The summed E-state index contributed by atoms with van der Waals surface area (Å²) in [6.45, 7) is 2.81. The van der Waals surface area contributed by atoms with Crippen LogP contribution in [0.2, 0.25) is 0 Å². The van der Waals surface area contributed by atoms with Gasteiger partial charge in [-0.25, -0.2) is 0 Å². The van der Waals surface area contributed by atoms with Gasteiger partial charge in [-0.3, -0.25) is 4.79 Å². The Balaban J connectivity index is 1.30. The van der Waals surface area contributed by atoms with Crippen molar-refractivity contribution in [2.45, 2.75) is 51.1 Å². The molecule has 142 valence electrons. The normalized spacial score (nSPS) is 42.6. The number of esters is 1. The van der Waals surface area contributed by atoms with Gasteiger partial charge in [0, 0.05) is 5.41 Å². The van der Waals surface area contributed by atoms with E-state index in [1.807, 2.05) is 0 Å². The SMILES string of the molecule is CC1C2C=CC(C2)C1C(=O)O[C@@H]1[C@@H]2OC[C@H](CC13Cc1ccccc1C3)O2. The number of ether oxygens (including phenoxy) is 3. The molecule has 2 aliphatic heterocycles. The van der Waals surface area contributed by atoms with Crippen LogP contribution in [0.5, 0.6) is 0 Å². The fraction of sp³-hybridized carbons (Fsp3) is 0.609. The lowest BCUT2D eigenvalue weighted by molar-refractivity contribution is -0.226. The largest absolute Gasteiger partial charge is 0.456 e. The molecule has 0 amide bonds. The van der Waals surface area contributed by atoms with Gasteiger partial charge in [0.2, 0.25) is 0 Å². The molecule has 7 atom stereocenters. The summed E-state index contributed by atoms with van der Waals surface area (Å²) in [4.78, 5) is 13.2. The first-order valence-corrected chi connectivity index (χ1v) is 10.4. The van der Waals surface area contributed by atoms with Gasteiger partial charge in [0.25, 0.3) is 0 Å². The lowest BCUT2D eigenvalue weighted by Crippen LogP contribution is -2.53. The molecule has 2 saturated heterocycles. The minimum atomic E-state index is -0.411. The molecule has 0 N–H and O–H groups in total. The summed E-state index contributed by atoms with van der Waals surface area (Å²) in [6, 6.07) is 8.63.